The van der Waals surface area contributed by atoms with E-state index in [1.165, 1.54) is 12.1 Å². The monoisotopic (exact) mass is 264 g/mol. The van der Waals surface area contributed by atoms with Gasteiger partial charge in [-0.25, -0.2) is 4.39 Å². The second kappa shape index (κ2) is 4.85. The van der Waals surface area contributed by atoms with Crippen molar-refractivity contribution in [1.82, 2.24) is 4.90 Å². The second-order valence-corrected chi connectivity index (χ2v) is 5.98. The van der Waals surface area contributed by atoms with Crippen molar-refractivity contribution in [3.05, 3.63) is 35.6 Å². The van der Waals surface area contributed by atoms with Crippen molar-refractivity contribution in [3.8, 4) is 0 Å². The molecule has 1 saturated carbocycles. The predicted molar refractivity (Wildman–Crippen MR) is 72.1 cm³/mol. The van der Waals surface area contributed by atoms with Gasteiger partial charge in [-0.05, 0) is 43.4 Å². The van der Waals surface area contributed by atoms with Crippen LogP contribution in [0.25, 0.3) is 0 Å². The van der Waals surface area contributed by atoms with Crippen LogP contribution in [0.5, 0.6) is 0 Å². The minimum absolute atomic E-state index is 0.254. The van der Waals surface area contributed by atoms with E-state index in [9.17, 15) is 9.50 Å². The van der Waals surface area contributed by atoms with Crippen LogP contribution in [0.3, 0.4) is 0 Å². The molecule has 1 aromatic rings. The summed E-state index contributed by atoms with van der Waals surface area (Å²) < 4.78 is 12.9. The molecule has 0 radical (unpaired) electrons. The summed E-state index contributed by atoms with van der Waals surface area (Å²) in [4.78, 5) is 2.41. The average Bonchev–Trinajstić information content (AvgIpc) is 2.37. The zero-order valence-electron chi connectivity index (χ0n) is 11.1. The van der Waals surface area contributed by atoms with Crippen LogP contribution >= 0.6 is 0 Å². The van der Waals surface area contributed by atoms with Crippen LogP contribution in [0, 0.1) is 5.82 Å². The van der Waals surface area contributed by atoms with Gasteiger partial charge in [-0.2, -0.15) is 0 Å². The average molecular weight is 264 g/mol. The molecule has 0 spiro atoms. The van der Waals surface area contributed by atoms with Crippen molar-refractivity contribution in [2.75, 3.05) is 13.1 Å². The highest BCUT2D eigenvalue weighted by atomic mass is 19.1. The maximum Gasteiger partial charge on any atom is 0.123 e. The van der Waals surface area contributed by atoms with E-state index < -0.39 is 5.60 Å². The summed E-state index contributed by atoms with van der Waals surface area (Å²) in [5, 5.41) is 10.7. The highest BCUT2D eigenvalue weighted by molar-refractivity contribution is 5.23. The molecule has 104 valence electrons. The molecule has 0 atom stereocenters. The number of benzene rings is 1. The van der Waals surface area contributed by atoms with E-state index in [1.807, 2.05) is 0 Å². The fourth-order valence-corrected chi connectivity index (χ4v) is 3.34. The Morgan fingerprint density at radius 2 is 1.74 bits per heavy atom. The number of rotatable bonds is 2. The number of hydrogen-bond donors (Lipinski definition) is 2. The van der Waals surface area contributed by atoms with E-state index in [1.54, 1.807) is 12.1 Å². The Kier molecular flexibility index (Phi) is 3.33. The molecule has 1 aliphatic heterocycles. The normalized spacial score (nSPS) is 33.1. The van der Waals surface area contributed by atoms with Gasteiger partial charge in [0.1, 0.15) is 5.82 Å². The third kappa shape index (κ3) is 2.53. The van der Waals surface area contributed by atoms with E-state index in [4.69, 9.17) is 5.73 Å². The highest BCUT2D eigenvalue weighted by Crippen LogP contribution is 2.39. The molecule has 3 nitrogen and oxygen atoms in total. The number of nitrogens with zero attached hydrogens (tertiary/aromatic N) is 1. The van der Waals surface area contributed by atoms with Crippen LogP contribution in [0.2, 0.25) is 0 Å². The summed E-state index contributed by atoms with van der Waals surface area (Å²) in [7, 11) is 0. The van der Waals surface area contributed by atoms with E-state index in [0.29, 0.717) is 12.1 Å². The van der Waals surface area contributed by atoms with E-state index in [2.05, 4.69) is 4.90 Å². The summed E-state index contributed by atoms with van der Waals surface area (Å²) in [5.74, 6) is -0.254. The lowest BCUT2D eigenvalue weighted by Gasteiger charge is -2.47. The Morgan fingerprint density at radius 3 is 2.26 bits per heavy atom. The van der Waals surface area contributed by atoms with Crippen molar-refractivity contribution in [3.63, 3.8) is 0 Å². The Labute approximate surface area is 113 Å². The minimum Gasteiger partial charge on any atom is -0.385 e. The van der Waals surface area contributed by atoms with E-state index >= 15 is 0 Å². The molecule has 0 amide bonds. The maximum absolute atomic E-state index is 12.9. The first-order chi connectivity index (χ1) is 9.07. The van der Waals surface area contributed by atoms with Crippen LogP contribution in [0.4, 0.5) is 4.39 Å². The molecule has 3 N–H and O–H groups in total. The van der Waals surface area contributed by atoms with Crippen molar-refractivity contribution in [2.45, 2.75) is 43.4 Å². The summed E-state index contributed by atoms with van der Waals surface area (Å²) in [5.41, 5.74) is 5.87. The molecular formula is C15H21FN2O. The summed E-state index contributed by atoms with van der Waals surface area (Å²) in [6.07, 6.45) is 3.46. The smallest absolute Gasteiger partial charge is 0.123 e. The third-order valence-electron chi connectivity index (χ3n) is 4.62. The van der Waals surface area contributed by atoms with Crippen molar-refractivity contribution in [1.29, 1.82) is 0 Å². The SMILES string of the molecule is NC1CN(C2CCC(O)(c3ccc(F)cc3)CC2)C1. The molecule has 1 saturated heterocycles. The van der Waals surface area contributed by atoms with Crippen LogP contribution in [0.1, 0.15) is 31.2 Å². The fraction of sp³-hybridized carbons (Fsp3) is 0.600. The van der Waals surface area contributed by atoms with Gasteiger partial charge in [0.25, 0.3) is 0 Å². The molecule has 4 heteroatoms. The van der Waals surface area contributed by atoms with Gasteiger partial charge in [-0.15, -0.1) is 0 Å². The van der Waals surface area contributed by atoms with Gasteiger partial charge in [-0.3, -0.25) is 4.90 Å². The molecule has 1 heterocycles. The molecule has 19 heavy (non-hydrogen) atoms. The molecule has 0 bridgehead atoms. The lowest BCUT2D eigenvalue weighted by Crippen LogP contribution is -2.60. The zero-order valence-corrected chi connectivity index (χ0v) is 11.1. The molecule has 2 aliphatic rings. The van der Waals surface area contributed by atoms with Gasteiger partial charge in [0.2, 0.25) is 0 Å². The first-order valence-electron chi connectivity index (χ1n) is 7.05. The standard InChI is InChI=1S/C15H21FN2O/c16-12-3-1-11(2-4-12)15(19)7-5-14(6-8-15)18-9-13(17)10-18/h1-4,13-14,19H,5-10,17H2. The van der Waals surface area contributed by atoms with E-state index in [0.717, 1.165) is 44.3 Å². The molecular weight excluding hydrogens is 243 g/mol. The third-order valence-corrected chi connectivity index (χ3v) is 4.62. The van der Waals surface area contributed by atoms with Crippen molar-refractivity contribution in [2.24, 2.45) is 5.73 Å². The molecule has 2 fully saturated rings. The summed E-state index contributed by atoms with van der Waals surface area (Å²) >= 11 is 0. The predicted octanol–water partition coefficient (Wildman–Crippen LogP) is 1.60. The van der Waals surface area contributed by atoms with Gasteiger partial charge in [-0.1, -0.05) is 12.1 Å². The van der Waals surface area contributed by atoms with Gasteiger partial charge >= 0.3 is 0 Å². The Hall–Kier alpha value is -0.970. The maximum atomic E-state index is 12.9. The number of likely N-dealkylation sites (tertiary alicyclic amines) is 1. The first-order valence-corrected chi connectivity index (χ1v) is 7.05. The van der Waals surface area contributed by atoms with Crippen LogP contribution in [-0.2, 0) is 5.60 Å². The first kappa shape index (κ1) is 13.0. The summed E-state index contributed by atoms with van der Waals surface area (Å²) in [6, 6.07) is 7.14. The molecule has 0 unspecified atom stereocenters. The van der Waals surface area contributed by atoms with Crippen molar-refractivity contribution < 1.29 is 9.50 Å². The van der Waals surface area contributed by atoms with E-state index in [-0.39, 0.29) is 5.82 Å². The largest absolute Gasteiger partial charge is 0.385 e. The van der Waals surface area contributed by atoms with Gasteiger partial charge in [0, 0.05) is 25.2 Å². The molecule has 1 aliphatic carbocycles. The number of halogens is 1. The number of hydrogen-bond acceptors (Lipinski definition) is 3. The number of aliphatic hydroxyl groups is 1. The lowest BCUT2D eigenvalue weighted by atomic mass is 9.76. The highest BCUT2D eigenvalue weighted by Gasteiger charge is 2.39. The number of nitrogens with two attached hydrogens (primary N) is 1. The lowest BCUT2D eigenvalue weighted by molar-refractivity contribution is -0.0376. The van der Waals surface area contributed by atoms with Crippen LogP contribution in [0.15, 0.2) is 24.3 Å². The minimum atomic E-state index is -0.781. The molecule has 3 rings (SSSR count). The Bertz CT molecular complexity index is 434. The fourth-order valence-electron chi connectivity index (χ4n) is 3.34. The zero-order chi connectivity index (χ0) is 13.5. The van der Waals surface area contributed by atoms with Crippen molar-refractivity contribution >= 4 is 0 Å². The molecule has 1 aromatic carbocycles. The quantitative estimate of drug-likeness (QED) is 0.853. The second-order valence-electron chi connectivity index (χ2n) is 5.98. The molecule has 0 aromatic heterocycles. The topological polar surface area (TPSA) is 49.5 Å². The Balaban J connectivity index is 1.63. The summed E-state index contributed by atoms with van der Waals surface area (Å²) in [6.45, 7) is 1.97. The van der Waals surface area contributed by atoms with Gasteiger partial charge in [0.15, 0.2) is 0 Å². The van der Waals surface area contributed by atoms with Gasteiger partial charge in [0.05, 0.1) is 5.60 Å². The van der Waals surface area contributed by atoms with Crippen LogP contribution < -0.4 is 5.73 Å². The Morgan fingerprint density at radius 1 is 1.16 bits per heavy atom. The van der Waals surface area contributed by atoms with Gasteiger partial charge < -0.3 is 10.8 Å². The van der Waals surface area contributed by atoms with Crippen LogP contribution in [-0.4, -0.2) is 35.2 Å².